The summed E-state index contributed by atoms with van der Waals surface area (Å²) in [6.45, 7) is 6.41. The molecule has 25 heavy (non-hydrogen) atoms. The van der Waals surface area contributed by atoms with E-state index in [-0.39, 0.29) is 5.91 Å². The molecular formula is C20H28N4O. The van der Waals surface area contributed by atoms with Crippen molar-refractivity contribution >= 4 is 11.6 Å². The average Bonchev–Trinajstić information content (AvgIpc) is 2.62. The fraction of sp³-hybridized carbons (Fsp3) is 0.600. The van der Waals surface area contributed by atoms with Crippen LogP contribution < -0.4 is 10.2 Å². The van der Waals surface area contributed by atoms with E-state index in [1.807, 2.05) is 24.3 Å². The Hall–Kier alpha value is -2.06. The summed E-state index contributed by atoms with van der Waals surface area (Å²) in [5, 5.41) is 12.1. The summed E-state index contributed by atoms with van der Waals surface area (Å²) in [5.74, 6) is 0.904. The fourth-order valence-corrected chi connectivity index (χ4v) is 3.95. The summed E-state index contributed by atoms with van der Waals surface area (Å²) in [6, 6.07) is 10.3. The molecule has 5 heteroatoms. The van der Waals surface area contributed by atoms with Crippen molar-refractivity contribution in [3.8, 4) is 6.07 Å². The van der Waals surface area contributed by atoms with Crippen LogP contribution in [0.4, 0.5) is 5.69 Å². The van der Waals surface area contributed by atoms with Crippen LogP contribution in [0, 0.1) is 17.2 Å². The number of rotatable bonds is 4. The summed E-state index contributed by atoms with van der Waals surface area (Å²) >= 11 is 0. The van der Waals surface area contributed by atoms with E-state index in [1.54, 1.807) is 0 Å². The molecule has 0 aromatic heterocycles. The van der Waals surface area contributed by atoms with Gasteiger partial charge in [-0.2, -0.15) is 5.26 Å². The predicted molar refractivity (Wildman–Crippen MR) is 99.4 cm³/mol. The van der Waals surface area contributed by atoms with Gasteiger partial charge in [-0.05, 0) is 43.0 Å². The third kappa shape index (κ3) is 4.96. The third-order valence-corrected chi connectivity index (χ3v) is 5.40. The molecule has 1 N–H and O–H groups in total. The number of nitriles is 1. The lowest BCUT2D eigenvalue weighted by molar-refractivity contribution is -0.123. The normalized spacial score (nSPS) is 24.6. The van der Waals surface area contributed by atoms with Gasteiger partial charge in [-0.25, -0.2) is 0 Å². The van der Waals surface area contributed by atoms with Crippen LogP contribution >= 0.6 is 0 Å². The molecule has 1 saturated heterocycles. The van der Waals surface area contributed by atoms with Crippen molar-refractivity contribution in [1.82, 2.24) is 10.2 Å². The number of nitrogens with one attached hydrogen (secondary N) is 1. The molecule has 1 aromatic rings. The van der Waals surface area contributed by atoms with Crippen molar-refractivity contribution in [2.75, 3.05) is 37.6 Å². The summed E-state index contributed by atoms with van der Waals surface area (Å²) in [5.41, 5.74) is 1.84. The van der Waals surface area contributed by atoms with Gasteiger partial charge in [0.1, 0.15) is 0 Å². The summed E-state index contributed by atoms with van der Waals surface area (Å²) in [7, 11) is 0. The highest BCUT2D eigenvalue weighted by Gasteiger charge is 2.23. The average molecular weight is 340 g/mol. The number of benzene rings is 1. The van der Waals surface area contributed by atoms with Gasteiger partial charge in [0.25, 0.3) is 0 Å². The Balaban J connectivity index is 1.42. The van der Waals surface area contributed by atoms with E-state index in [9.17, 15) is 4.79 Å². The molecule has 1 saturated carbocycles. The van der Waals surface area contributed by atoms with Crippen LogP contribution in [0.25, 0.3) is 0 Å². The predicted octanol–water partition coefficient (Wildman–Crippen LogP) is 2.38. The number of piperazine rings is 1. The molecule has 0 spiro atoms. The van der Waals surface area contributed by atoms with Crippen LogP contribution in [-0.4, -0.2) is 49.6 Å². The van der Waals surface area contributed by atoms with Gasteiger partial charge in [-0.3, -0.25) is 9.69 Å². The Morgan fingerprint density at radius 2 is 1.92 bits per heavy atom. The third-order valence-electron chi connectivity index (χ3n) is 5.40. The first-order valence-corrected chi connectivity index (χ1v) is 9.41. The van der Waals surface area contributed by atoms with E-state index in [1.165, 1.54) is 12.8 Å². The summed E-state index contributed by atoms with van der Waals surface area (Å²) in [4.78, 5) is 16.9. The first kappa shape index (κ1) is 17.8. The maximum absolute atomic E-state index is 12.3. The lowest BCUT2D eigenvalue weighted by atomic mass is 9.87. The standard InChI is InChI=1S/C20H28N4O/c1-16-3-2-4-18(13-16)22-20(25)15-23-9-11-24(12-10-23)19-7-5-17(14-21)6-8-19/h5-8,16,18H,2-4,9-13,15H2,1H3,(H,22,25). The van der Waals surface area contributed by atoms with Crippen LogP contribution in [0.5, 0.6) is 0 Å². The highest BCUT2D eigenvalue weighted by molar-refractivity contribution is 5.78. The number of carbonyl (C=O) groups is 1. The van der Waals surface area contributed by atoms with Crippen molar-refractivity contribution in [2.24, 2.45) is 5.92 Å². The van der Waals surface area contributed by atoms with Crippen LogP contribution in [0.3, 0.4) is 0 Å². The van der Waals surface area contributed by atoms with E-state index in [0.717, 1.165) is 50.6 Å². The molecule has 1 aliphatic heterocycles. The van der Waals surface area contributed by atoms with Gasteiger partial charge in [0, 0.05) is 37.9 Å². The molecule has 134 valence electrons. The summed E-state index contributed by atoms with van der Waals surface area (Å²) in [6.07, 6.45) is 4.78. The van der Waals surface area contributed by atoms with E-state index < -0.39 is 0 Å². The zero-order valence-corrected chi connectivity index (χ0v) is 15.1. The summed E-state index contributed by atoms with van der Waals surface area (Å²) < 4.78 is 0. The van der Waals surface area contributed by atoms with E-state index in [2.05, 4.69) is 28.1 Å². The molecule has 3 rings (SSSR count). The number of amides is 1. The van der Waals surface area contributed by atoms with Gasteiger partial charge >= 0.3 is 0 Å². The smallest absolute Gasteiger partial charge is 0.234 e. The SMILES string of the molecule is CC1CCCC(NC(=O)CN2CCN(c3ccc(C#N)cc3)CC2)C1. The molecule has 1 heterocycles. The molecule has 5 nitrogen and oxygen atoms in total. The zero-order valence-electron chi connectivity index (χ0n) is 15.1. The monoisotopic (exact) mass is 340 g/mol. The molecule has 1 aliphatic carbocycles. The Morgan fingerprint density at radius 1 is 1.20 bits per heavy atom. The largest absolute Gasteiger partial charge is 0.369 e. The van der Waals surface area contributed by atoms with Gasteiger partial charge < -0.3 is 10.2 Å². The number of hydrogen-bond acceptors (Lipinski definition) is 4. The minimum Gasteiger partial charge on any atom is -0.369 e. The van der Waals surface area contributed by atoms with Crippen LogP contribution in [0.15, 0.2) is 24.3 Å². The number of hydrogen-bond donors (Lipinski definition) is 1. The Bertz CT molecular complexity index is 614. The van der Waals surface area contributed by atoms with E-state index in [0.29, 0.717) is 18.2 Å². The van der Waals surface area contributed by atoms with Gasteiger partial charge in [-0.15, -0.1) is 0 Å². The minimum absolute atomic E-state index is 0.172. The fourth-order valence-electron chi connectivity index (χ4n) is 3.95. The lowest BCUT2D eigenvalue weighted by Crippen LogP contribution is -2.51. The number of nitrogens with zero attached hydrogens (tertiary/aromatic N) is 3. The molecule has 1 aromatic carbocycles. The minimum atomic E-state index is 0.172. The van der Waals surface area contributed by atoms with E-state index in [4.69, 9.17) is 5.26 Å². The second kappa shape index (κ2) is 8.35. The van der Waals surface area contributed by atoms with Crippen LogP contribution in [0.2, 0.25) is 0 Å². The second-order valence-electron chi connectivity index (χ2n) is 7.46. The van der Waals surface area contributed by atoms with Crippen LogP contribution in [-0.2, 0) is 4.79 Å². The maximum Gasteiger partial charge on any atom is 0.234 e. The topological polar surface area (TPSA) is 59.4 Å². The number of carbonyl (C=O) groups excluding carboxylic acids is 1. The highest BCUT2D eigenvalue weighted by atomic mass is 16.2. The maximum atomic E-state index is 12.3. The van der Waals surface area contributed by atoms with Crippen molar-refractivity contribution in [2.45, 2.75) is 38.6 Å². The second-order valence-corrected chi connectivity index (χ2v) is 7.46. The van der Waals surface area contributed by atoms with Crippen molar-refractivity contribution in [1.29, 1.82) is 5.26 Å². The Morgan fingerprint density at radius 3 is 2.56 bits per heavy atom. The molecule has 1 amide bonds. The molecule has 0 radical (unpaired) electrons. The van der Waals surface area contributed by atoms with Gasteiger partial charge in [0.2, 0.25) is 5.91 Å². The zero-order chi connectivity index (χ0) is 17.6. The van der Waals surface area contributed by atoms with Crippen molar-refractivity contribution < 1.29 is 4.79 Å². The quantitative estimate of drug-likeness (QED) is 0.914. The van der Waals surface area contributed by atoms with Crippen molar-refractivity contribution in [3.05, 3.63) is 29.8 Å². The van der Waals surface area contributed by atoms with E-state index >= 15 is 0 Å². The molecular weight excluding hydrogens is 312 g/mol. The number of anilines is 1. The molecule has 2 fully saturated rings. The first-order chi connectivity index (χ1) is 12.1. The van der Waals surface area contributed by atoms with Gasteiger partial charge in [-0.1, -0.05) is 19.8 Å². The highest BCUT2D eigenvalue weighted by Crippen LogP contribution is 2.23. The molecule has 2 unspecified atom stereocenters. The molecule has 2 atom stereocenters. The molecule has 0 bridgehead atoms. The Labute approximate surface area is 150 Å². The van der Waals surface area contributed by atoms with Crippen LogP contribution in [0.1, 0.15) is 38.2 Å². The lowest BCUT2D eigenvalue weighted by Gasteiger charge is -2.36. The van der Waals surface area contributed by atoms with Gasteiger partial charge in [0.15, 0.2) is 0 Å². The first-order valence-electron chi connectivity index (χ1n) is 9.41. The Kier molecular flexibility index (Phi) is 5.93. The van der Waals surface area contributed by atoms with Crippen molar-refractivity contribution in [3.63, 3.8) is 0 Å². The molecule has 2 aliphatic rings. The van der Waals surface area contributed by atoms with Gasteiger partial charge in [0.05, 0.1) is 18.2 Å².